The maximum absolute atomic E-state index is 12.7. The quantitative estimate of drug-likeness (QED) is 0.533. The van der Waals surface area contributed by atoms with Gasteiger partial charge in [-0.1, -0.05) is 30.7 Å². The monoisotopic (exact) mass is 440 g/mol. The number of unbranched alkanes of at least 4 members (excludes halogenated alkanes) is 1. The van der Waals surface area contributed by atoms with Crippen molar-refractivity contribution in [1.82, 2.24) is 9.88 Å². The number of thiazole rings is 1. The molecule has 1 aromatic heterocycles. The lowest BCUT2D eigenvalue weighted by molar-refractivity contribution is 0.208. The second-order valence-corrected chi connectivity index (χ2v) is 8.44. The molecule has 2 heterocycles. The second-order valence-electron chi connectivity index (χ2n) is 7.43. The molecule has 164 valence electrons. The van der Waals surface area contributed by atoms with Crippen molar-refractivity contribution < 1.29 is 14.3 Å². The normalized spacial score (nSPS) is 14.0. The molecule has 8 heteroatoms. The molecule has 0 aliphatic carbocycles. The van der Waals surface area contributed by atoms with E-state index in [4.69, 9.17) is 14.5 Å². The zero-order chi connectivity index (χ0) is 21.6. The lowest BCUT2D eigenvalue weighted by Crippen LogP contribution is -2.50. The van der Waals surface area contributed by atoms with E-state index in [1.807, 2.05) is 41.3 Å². The van der Waals surface area contributed by atoms with E-state index >= 15 is 0 Å². The average Bonchev–Trinajstić information content (AvgIpc) is 3.25. The number of benzene rings is 2. The van der Waals surface area contributed by atoms with Gasteiger partial charge in [-0.2, -0.15) is 0 Å². The highest BCUT2D eigenvalue weighted by atomic mass is 32.1. The third kappa shape index (κ3) is 5.02. The number of aromatic nitrogens is 1. The van der Waals surface area contributed by atoms with Gasteiger partial charge in [0.1, 0.15) is 17.0 Å². The molecule has 1 N–H and O–H groups in total. The zero-order valence-corrected chi connectivity index (χ0v) is 18.8. The van der Waals surface area contributed by atoms with Gasteiger partial charge >= 0.3 is 6.03 Å². The number of fused-ring (bicyclic) bond motifs is 1. The third-order valence-corrected chi connectivity index (χ3v) is 6.38. The molecule has 1 saturated heterocycles. The lowest BCUT2D eigenvalue weighted by Gasteiger charge is -2.34. The maximum atomic E-state index is 12.7. The number of hydrogen-bond acceptors (Lipinski definition) is 6. The summed E-state index contributed by atoms with van der Waals surface area (Å²) in [6.07, 6.45) is 2.14. The lowest BCUT2D eigenvalue weighted by atomic mass is 10.3. The van der Waals surface area contributed by atoms with Gasteiger partial charge in [-0.15, -0.1) is 0 Å². The van der Waals surface area contributed by atoms with Crippen LogP contribution >= 0.6 is 11.3 Å². The van der Waals surface area contributed by atoms with Gasteiger partial charge < -0.3 is 24.6 Å². The molecule has 1 fully saturated rings. The predicted octanol–water partition coefficient (Wildman–Crippen LogP) is 4.84. The Labute approximate surface area is 186 Å². The van der Waals surface area contributed by atoms with E-state index in [1.54, 1.807) is 18.4 Å². The van der Waals surface area contributed by atoms with Crippen LogP contribution in [0.1, 0.15) is 19.8 Å². The number of nitrogens with zero attached hydrogens (tertiary/aromatic N) is 3. The molecule has 2 aromatic carbocycles. The number of carbonyl (C=O) groups excluding carboxylic acids is 1. The van der Waals surface area contributed by atoms with E-state index in [-0.39, 0.29) is 6.03 Å². The summed E-state index contributed by atoms with van der Waals surface area (Å²) in [5, 5.41) is 3.95. The van der Waals surface area contributed by atoms with Crippen LogP contribution in [0.15, 0.2) is 42.5 Å². The molecular weight excluding hydrogens is 412 g/mol. The number of carbonyl (C=O) groups is 1. The van der Waals surface area contributed by atoms with Crippen molar-refractivity contribution in [3.63, 3.8) is 0 Å². The van der Waals surface area contributed by atoms with Crippen LogP contribution in [0.25, 0.3) is 10.2 Å². The molecule has 0 saturated carbocycles. The van der Waals surface area contributed by atoms with Crippen molar-refractivity contribution >= 4 is 38.4 Å². The number of ether oxygens (including phenoxy) is 2. The summed E-state index contributed by atoms with van der Waals surface area (Å²) in [6.45, 7) is 5.65. The van der Waals surface area contributed by atoms with Crippen LogP contribution in [0.2, 0.25) is 0 Å². The smallest absolute Gasteiger partial charge is 0.321 e. The van der Waals surface area contributed by atoms with Crippen molar-refractivity contribution in [3.8, 4) is 11.5 Å². The van der Waals surface area contributed by atoms with Crippen LogP contribution < -0.4 is 19.7 Å². The predicted molar refractivity (Wildman–Crippen MR) is 126 cm³/mol. The summed E-state index contributed by atoms with van der Waals surface area (Å²) >= 11 is 1.66. The fourth-order valence-electron chi connectivity index (χ4n) is 3.48. The van der Waals surface area contributed by atoms with Crippen LogP contribution in [-0.2, 0) is 0 Å². The molecule has 2 amide bonds. The number of amides is 2. The minimum Gasteiger partial charge on any atom is -0.494 e. The highest BCUT2D eigenvalue weighted by Gasteiger charge is 2.23. The summed E-state index contributed by atoms with van der Waals surface area (Å²) in [5.74, 6) is 1.62. The van der Waals surface area contributed by atoms with Crippen molar-refractivity contribution in [1.29, 1.82) is 0 Å². The summed E-state index contributed by atoms with van der Waals surface area (Å²) < 4.78 is 12.2. The Kier molecular flexibility index (Phi) is 6.76. The van der Waals surface area contributed by atoms with Gasteiger partial charge in [-0.3, -0.25) is 0 Å². The van der Waals surface area contributed by atoms with E-state index in [1.165, 1.54) is 0 Å². The number of hydrogen-bond donors (Lipinski definition) is 1. The van der Waals surface area contributed by atoms with Gasteiger partial charge in [0.15, 0.2) is 5.13 Å². The Balaban J connectivity index is 1.31. The van der Waals surface area contributed by atoms with Crippen LogP contribution in [0.3, 0.4) is 0 Å². The Morgan fingerprint density at radius 3 is 2.61 bits per heavy atom. The largest absolute Gasteiger partial charge is 0.494 e. The molecule has 0 bridgehead atoms. The van der Waals surface area contributed by atoms with Gasteiger partial charge in [0.25, 0.3) is 0 Å². The Morgan fingerprint density at radius 2 is 1.90 bits per heavy atom. The number of anilines is 2. The Bertz CT molecular complexity index is 1010. The number of para-hydroxylation sites is 1. The van der Waals surface area contributed by atoms with Crippen molar-refractivity contribution in [2.24, 2.45) is 0 Å². The first-order valence-corrected chi connectivity index (χ1v) is 11.5. The summed E-state index contributed by atoms with van der Waals surface area (Å²) in [4.78, 5) is 21.5. The van der Waals surface area contributed by atoms with E-state index in [0.29, 0.717) is 19.7 Å². The van der Waals surface area contributed by atoms with Crippen molar-refractivity contribution in [3.05, 3.63) is 42.5 Å². The van der Waals surface area contributed by atoms with Crippen LogP contribution in [0.4, 0.5) is 15.6 Å². The number of nitrogens with one attached hydrogen (secondary N) is 1. The standard InChI is InChI=1S/C23H28N4O3S/c1-3-4-16-30-18-10-8-17(9-11-18)24-22(28)26-12-14-27(15-13-26)23-25-21-19(29-2)6-5-7-20(21)31-23/h5-11H,3-4,12-16H2,1-2H3,(H,24,28). The second kappa shape index (κ2) is 9.87. The van der Waals surface area contributed by atoms with Gasteiger partial charge in [0.2, 0.25) is 0 Å². The van der Waals surface area contributed by atoms with Crippen LogP contribution in [-0.4, -0.2) is 55.8 Å². The van der Waals surface area contributed by atoms with Gasteiger partial charge in [-0.05, 0) is 42.8 Å². The SMILES string of the molecule is CCCCOc1ccc(NC(=O)N2CCN(c3nc4c(OC)cccc4s3)CC2)cc1. The molecule has 0 spiro atoms. The van der Waals surface area contributed by atoms with Crippen molar-refractivity contribution in [2.45, 2.75) is 19.8 Å². The fourth-order valence-corrected chi connectivity index (χ4v) is 4.52. The Hall–Kier alpha value is -3.00. The number of urea groups is 1. The van der Waals surface area contributed by atoms with E-state index in [2.05, 4.69) is 23.2 Å². The van der Waals surface area contributed by atoms with Crippen LogP contribution in [0.5, 0.6) is 11.5 Å². The van der Waals surface area contributed by atoms with E-state index in [0.717, 1.165) is 58.5 Å². The van der Waals surface area contributed by atoms with Gasteiger partial charge in [0, 0.05) is 31.9 Å². The number of piperazine rings is 1. The molecule has 0 atom stereocenters. The summed E-state index contributed by atoms with van der Waals surface area (Å²) in [7, 11) is 1.66. The van der Waals surface area contributed by atoms with E-state index in [9.17, 15) is 4.79 Å². The highest BCUT2D eigenvalue weighted by molar-refractivity contribution is 7.22. The molecular formula is C23H28N4O3S. The van der Waals surface area contributed by atoms with Crippen LogP contribution in [0, 0.1) is 0 Å². The molecule has 3 aromatic rings. The highest BCUT2D eigenvalue weighted by Crippen LogP contribution is 2.34. The number of methoxy groups -OCH3 is 1. The van der Waals surface area contributed by atoms with E-state index < -0.39 is 0 Å². The first-order chi connectivity index (χ1) is 15.2. The van der Waals surface area contributed by atoms with Crippen molar-refractivity contribution in [2.75, 3.05) is 50.1 Å². The fraction of sp³-hybridized carbons (Fsp3) is 0.391. The maximum Gasteiger partial charge on any atom is 0.321 e. The molecule has 31 heavy (non-hydrogen) atoms. The first kappa shape index (κ1) is 21.2. The zero-order valence-electron chi connectivity index (χ0n) is 18.0. The third-order valence-electron chi connectivity index (χ3n) is 5.30. The number of rotatable bonds is 7. The van der Waals surface area contributed by atoms with Gasteiger partial charge in [-0.25, -0.2) is 9.78 Å². The summed E-state index contributed by atoms with van der Waals surface area (Å²) in [6, 6.07) is 13.4. The average molecular weight is 441 g/mol. The molecule has 4 rings (SSSR count). The molecule has 1 aliphatic rings. The van der Waals surface area contributed by atoms with Gasteiger partial charge in [0.05, 0.1) is 18.4 Å². The molecule has 1 aliphatic heterocycles. The minimum atomic E-state index is -0.0785. The molecule has 0 unspecified atom stereocenters. The molecule has 0 radical (unpaired) electrons. The molecule has 7 nitrogen and oxygen atoms in total. The first-order valence-electron chi connectivity index (χ1n) is 10.6. The Morgan fingerprint density at radius 1 is 1.13 bits per heavy atom. The topological polar surface area (TPSA) is 66.9 Å². The summed E-state index contributed by atoms with van der Waals surface area (Å²) in [5.41, 5.74) is 1.67. The minimum absolute atomic E-state index is 0.0785.